The van der Waals surface area contributed by atoms with Gasteiger partial charge in [-0.15, -0.1) is 10.2 Å². The highest BCUT2D eigenvalue weighted by molar-refractivity contribution is 7.99. The van der Waals surface area contributed by atoms with Gasteiger partial charge in [-0.05, 0) is 18.2 Å². The van der Waals surface area contributed by atoms with Crippen LogP contribution in [0.5, 0.6) is 0 Å². The third-order valence-electron chi connectivity index (χ3n) is 3.27. The zero-order chi connectivity index (χ0) is 19.4. The summed E-state index contributed by atoms with van der Waals surface area (Å²) in [5.74, 6) is -0.242. The van der Waals surface area contributed by atoms with Crippen LogP contribution in [0.1, 0.15) is 0 Å². The van der Waals surface area contributed by atoms with E-state index in [-0.39, 0.29) is 33.3 Å². The van der Waals surface area contributed by atoms with E-state index in [9.17, 15) is 14.9 Å². The molecule has 0 aliphatic carbocycles. The molecule has 0 saturated heterocycles. The Bertz CT molecular complexity index is 1010. The summed E-state index contributed by atoms with van der Waals surface area (Å²) in [4.78, 5) is 22.3. The van der Waals surface area contributed by atoms with Gasteiger partial charge in [0.05, 0.1) is 32.0 Å². The van der Waals surface area contributed by atoms with Gasteiger partial charge in [-0.3, -0.25) is 14.9 Å². The Morgan fingerprint density at radius 1 is 1.19 bits per heavy atom. The van der Waals surface area contributed by atoms with Crippen LogP contribution in [0, 0.1) is 10.1 Å². The van der Waals surface area contributed by atoms with Crippen molar-refractivity contribution >= 4 is 52.2 Å². The average Bonchev–Trinajstić information content (AvgIpc) is 3.11. The SMILES string of the molecule is O=C(CSc1nnc(-c2ccccc2Cl)o1)Nc1cc([N+](=O)[O-])ccc1Cl. The van der Waals surface area contributed by atoms with Crippen molar-refractivity contribution in [2.75, 3.05) is 11.1 Å². The second-order valence-corrected chi connectivity index (χ2v) is 6.85. The molecule has 0 bridgehead atoms. The van der Waals surface area contributed by atoms with Crippen LogP contribution in [0.2, 0.25) is 10.0 Å². The Labute approximate surface area is 167 Å². The fourth-order valence-corrected chi connectivity index (χ4v) is 2.99. The molecule has 0 aliphatic rings. The molecule has 0 fully saturated rings. The number of hydrogen-bond donors (Lipinski definition) is 1. The van der Waals surface area contributed by atoms with E-state index in [1.54, 1.807) is 24.3 Å². The van der Waals surface area contributed by atoms with E-state index >= 15 is 0 Å². The van der Waals surface area contributed by atoms with Gasteiger partial charge in [0, 0.05) is 12.1 Å². The van der Waals surface area contributed by atoms with Crippen LogP contribution in [0.25, 0.3) is 11.5 Å². The van der Waals surface area contributed by atoms with Gasteiger partial charge in [0.1, 0.15) is 0 Å². The summed E-state index contributed by atoms with van der Waals surface area (Å²) in [5.41, 5.74) is 0.564. The third-order valence-corrected chi connectivity index (χ3v) is 4.75. The van der Waals surface area contributed by atoms with E-state index in [1.807, 2.05) is 0 Å². The van der Waals surface area contributed by atoms with Crippen molar-refractivity contribution < 1.29 is 14.1 Å². The van der Waals surface area contributed by atoms with Gasteiger partial charge >= 0.3 is 0 Å². The fourth-order valence-electron chi connectivity index (χ4n) is 2.05. The van der Waals surface area contributed by atoms with Crippen molar-refractivity contribution in [2.24, 2.45) is 0 Å². The molecule has 0 radical (unpaired) electrons. The third kappa shape index (κ3) is 4.76. The summed E-state index contributed by atoms with van der Waals surface area (Å²) in [5, 5.41) is 21.9. The van der Waals surface area contributed by atoms with E-state index in [4.69, 9.17) is 27.6 Å². The molecule has 0 atom stereocenters. The number of benzene rings is 2. The van der Waals surface area contributed by atoms with E-state index < -0.39 is 10.8 Å². The number of carbonyl (C=O) groups is 1. The normalized spacial score (nSPS) is 10.6. The smallest absolute Gasteiger partial charge is 0.277 e. The van der Waals surface area contributed by atoms with Gasteiger partial charge in [-0.2, -0.15) is 0 Å². The highest BCUT2D eigenvalue weighted by Gasteiger charge is 2.15. The Morgan fingerprint density at radius 2 is 1.96 bits per heavy atom. The molecule has 0 aliphatic heterocycles. The number of nitro groups is 1. The van der Waals surface area contributed by atoms with Gasteiger partial charge in [0.2, 0.25) is 11.8 Å². The van der Waals surface area contributed by atoms with Crippen LogP contribution in [0.3, 0.4) is 0 Å². The maximum atomic E-state index is 12.1. The molecule has 27 heavy (non-hydrogen) atoms. The minimum atomic E-state index is -0.574. The molecular formula is C16H10Cl2N4O4S. The van der Waals surface area contributed by atoms with Crippen molar-refractivity contribution in [3.8, 4) is 11.5 Å². The summed E-state index contributed by atoms with van der Waals surface area (Å²) >= 11 is 13.0. The summed E-state index contributed by atoms with van der Waals surface area (Å²) < 4.78 is 5.49. The highest BCUT2D eigenvalue weighted by Crippen LogP contribution is 2.29. The first-order valence-electron chi connectivity index (χ1n) is 7.39. The molecule has 138 valence electrons. The largest absolute Gasteiger partial charge is 0.411 e. The Balaban J connectivity index is 1.63. The number of non-ortho nitro benzene ring substituents is 1. The second kappa shape index (κ2) is 8.38. The number of anilines is 1. The average molecular weight is 425 g/mol. The molecule has 2 aromatic carbocycles. The zero-order valence-electron chi connectivity index (χ0n) is 13.4. The quantitative estimate of drug-likeness (QED) is 0.347. The lowest BCUT2D eigenvalue weighted by atomic mass is 10.2. The maximum absolute atomic E-state index is 12.1. The lowest BCUT2D eigenvalue weighted by Gasteiger charge is -2.06. The number of halogens is 2. The van der Waals surface area contributed by atoms with Gasteiger partial charge in [0.15, 0.2) is 0 Å². The first-order valence-corrected chi connectivity index (χ1v) is 9.13. The molecule has 1 heterocycles. The van der Waals surface area contributed by atoms with Crippen LogP contribution in [-0.4, -0.2) is 26.8 Å². The molecule has 0 spiro atoms. The minimum Gasteiger partial charge on any atom is -0.411 e. The summed E-state index contributed by atoms with van der Waals surface area (Å²) in [7, 11) is 0. The van der Waals surface area contributed by atoms with Crippen LogP contribution < -0.4 is 5.32 Å². The van der Waals surface area contributed by atoms with Gasteiger partial charge in [-0.1, -0.05) is 47.1 Å². The Morgan fingerprint density at radius 3 is 2.70 bits per heavy atom. The number of amides is 1. The molecular weight excluding hydrogens is 415 g/mol. The Hall–Kier alpha value is -2.62. The lowest BCUT2D eigenvalue weighted by Crippen LogP contribution is -2.14. The number of aromatic nitrogens is 2. The highest BCUT2D eigenvalue weighted by atomic mass is 35.5. The van der Waals surface area contributed by atoms with E-state index in [0.29, 0.717) is 10.6 Å². The maximum Gasteiger partial charge on any atom is 0.277 e. The molecule has 1 aromatic heterocycles. The molecule has 3 rings (SSSR count). The number of hydrogen-bond acceptors (Lipinski definition) is 7. The molecule has 0 saturated carbocycles. The molecule has 3 aromatic rings. The van der Waals surface area contributed by atoms with Crippen LogP contribution in [0.15, 0.2) is 52.1 Å². The van der Waals surface area contributed by atoms with E-state index in [2.05, 4.69) is 15.5 Å². The van der Waals surface area contributed by atoms with Crippen molar-refractivity contribution in [1.82, 2.24) is 10.2 Å². The fraction of sp³-hybridized carbons (Fsp3) is 0.0625. The summed E-state index contributed by atoms with van der Waals surface area (Å²) in [6, 6.07) is 10.8. The van der Waals surface area contributed by atoms with Crippen LogP contribution >= 0.6 is 35.0 Å². The molecule has 8 nitrogen and oxygen atoms in total. The topological polar surface area (TPSA) is 111 Å². The number of nitro benzene ring substituents is 1. The number of carbonyl (C=O) groups excluding carboxylic acids is 1. The predicted molar refractivity (Wildman–Crippen MR) is 102 cm³/mol. The predicted octanol–water partition coefficient (Wildman–Crippen LogP) is 4.68. The van der Waals surface area contributed by atoms with Crippen molar-refractivity contribution in [3.63, 3.8) is 0 Å². The van der Waals surface area contributed by atoms with E-state index in [1.165, 1.54) is 18.2 Å². The number of thioether (sulfide) groups is 1. The van der Waals surface area contributed by atoms with Gasteiger partial charge < -0.3 is 9.73 Å². The molecule has 11 heteroatoms. The first-order chi connectivity index (χ1) is 12.9. The lowest BCUT2D eigenvalue weighted by molar-refractivity contribution is -0.384. The second-order valence-electron chi connectivity index (χ2n) is 5.11. The number of nitrogens with zero attached hydrogens (tertiary/aromatic N) is 3. The van der Waals surface area contributed by atoms with Crippen LogP contribution in [0.4, 0.5) is 11.4 Å². The number of nitrogens with one attached hydrogen (secondary N) is 1. The standard InChI is InChI=1S/C16H10Cl2N4O4S/c17-11-4-2-1-3-10(11)15-20-21-16(26-15)27-8-14(23)19-13-7-9(22(24)25)5-6-12(13)18/h1-7H,8H2,(H,19,23). The van der Waals surface area contributed by atoms with Crippen molar-refractivity contribution in [2.45, 2.75) is 5.22 Å². The monoisotopic (exact) mass is 424 g/mol. The van der Waals surface area contributed by atoms with Gasteiger partial charge in [-0.25, -0.2) is 0 Å². The summed E-state index contributed by atoms with van der Waals surface area (Å²) in [6.45, 7) is 0. The molecule has 1 amide bonds. The first kappa shape index (κ1) is 19.2. The molecule has 1 N–H and O–H groups in total. The van der Waals surface area contributed by atoms with E-state index in [0.717, 1.165) is 11.8 Å². The zero-order valence-corrected chi connectivity index (χ0v) is 15.7. The minimum absolute atomic E-state index is 0.0524. The molecule has 0 unspecified atom stereocenters. The van der Waals surface area contributed by atoms with Crippen molar-refractivity contribution in [1.29, 1.82) is 0 Å². The summed E-state index contributed by atoms with van der Waals surface area (Å²) in [6.07, 6.45) is 0. The Kier molecular flexibility index (Phi) is 5.94. The number of rotatable bonds is 6. The van der Waals surface area contributed by atoms with Gasteiger partial charge in [0.25, 0.3) is 10.9 Å². The van der Waals surface area contributed by atoms with Crippen molar-refractivity contribution in [3.05, 3.63) is 62.6 Å². The van der Waals surface area contributed by atoms with Crippen LogP contribution in [-0.2, 0) is 4.79 Å².